The van der Waals surface area contributed by atoms with Crippen LogP contribution in [0.1, 0.15) is 32.8 Å². The van der Waals surface area contributed by atoms with E-state index in [0.29, 0.717) is 11.4 Å². The van der Waals surface area contributed by atoms with E-state index in [4.69, 9.17) is 23.2 Å². The van der Waals surface area contributed by atoms with Crippen LogP contribution < -0.4 is 9.62 Å². The SMILES string of the molecule is CC(CC(C)(C)c1ccccc1)NC(=O)CN(c1ccc(Cl)cc1Cl)S(=O)(=O)c1ccccc1. The second-order valence-electron chi connectivity index (χ2n) is 8.84. The maximum Gasteiger partial charge on any atom is 0.264 e. The Kier molecular flexibility index (Phi) is 8.29. The maximum atomic E-state index is 13.5. The van der Waals surface area contributed by atoms with Gasteiger partial charge in [-0.05, 0) is 54.7 Å². The third kappa shape index (κ3) is 6.32. The first-order valence-corrected chi connectivity index (χ1v) is 13.1. The van der Waals surface area contributed by atoms with Crippen LogP contribution in [-0.4, -0.2) is 26.9 Å². The van der Waals surface area contributed by atoms with Crippen LogP contribution in [0.5, 0.6) is 0 Å². The zero-order valence-corrected chi connectivity index (χ0v) is 21.7. The van der Waals surface area contributed by atoms with Gasteiger partial charge in [-0.25, -0.2) is 8.42 Å². The smallest absolute Gasteiger partial charge is 0.264 e. The van der Waals surface area contributed by atoms with Crippen molar-refractivity contribution in [2.24, 2.45) is 0 Å². The fourth-order valence-corrected chi connectivity index (χ4v) is 6.00. The van der Waals surface area contributed by atoms with Crippen molar-refractivity contribution >= 4 is 44.8 Å². The summed E-state index contributed by atoms with van der Waals surface area (Å²) in [5, 5.41) is 3.45. The van der Waals surface area contributed by atoms with Crippen LogP contribution >= 0.6 is 23.2 Å². The van der Waals surface area contributed by atoms with Gasteiger partial charge in [0.05, 0.1) is 15.6 Å². The Morgan fingerprint density at radius 1 is 0.971 bits per heavy atom. The number of carbonyl (C=O) groups is 1. The molecule has 0 heterocycles. The van der Waals surface area contributed by atoms with Crippen molar-refractivity contribution in [3.8, 4) is 0 Å². The Labute approximate surface area is 211 Å². The van der Waals surface area contributed by atoms with Crippen LogP contribution in [0, 0.1) is 0 Å². The van der Waals surface area contributed by atoms with E-state index in [0.717, 1.165) is 9.87 Å². The van der Waals surface area contributed by atoms with Gasteiger partial charge in [0.25, 0.3) is 10.0 Å². The lowest BCUT2D eigenvalue weighted by molar-refractivity contribution is -0.120. The average Bonchev–Trinajstić information content (AvgIpc) is 2.78. The molecule has 0 aliphatic carbocycles. The lowest BCUT2D eigenvalue weighted by Gasteiger charge is -2.30. The van der Waals surface area contributed by atoms with Crippen molar-refractivity contribution < 1.29 is 13.2 Å². The predicted octanol–water partition coefficient (Wildman–Crippen LogP) is 6.06. The second-order valence-corrected chi connectivity index (χ2v) is 11.5. The summed E-state index contributed by atoms with van der Waals surface area (Å²) < 4.78 is 27.9. The monoisotopic (exact) mass is 518 g/mol. The first-order valence-electron chi connectivity index (χ1n) is 10.9. The molecule has 0 aliphatic rings. The highest BCUT2D eigenvalue weighted by molar-refractivity contribution is 7.92. The first-order chi connectivity index (χ1) is 16.0. The minimum atomic E-state index is -4.05. The molecule has 0 bridgehead atoms. The summed E-state index contributed by atoms with van der Waals surface area (Å²) in [6, 6.07) is 22.3. The molecule has 0 saturated heterocycles. The van der Waals surface area contributed by atoms with Crippen LogP contribution in [-0.2, 0) is 20.2 Å². The van der Waals surface area contributed by atoms with Crippen molar-refractivity contribution in [1.29, 1.82) is 0 Å². The van der Waals surface area contributed by atoms with Gasteiger partial charge in [0.1, 0.15) is 6.54 Å². The normalized spacial score (nSPS) is 12.7. The van der Waals surface area contributed by atoms with E-state index < -0.39 is 22.5 Å². The van der Waals surface area contributed by atoms with Crippen LogP contribution in [0.15, 0.2) is 83.8 Å². The number of hydrogen-bond donors (Lipinski definition) is 1. The number of benzene rings is 3. The molecule has 0 radical (unpaired) electrons. The van der Waals surface area contributed by atoms with Crippen LogP contribution in [0.2, 0.25) is 10.0 Å². The minimum Gasteiger partial charge on any atom is -0.352 e. The number of amides is 1. The fraction of sp³-hybridized carbons (Fsp3) is 0.269. The van der Waals surface area contributed by atoms with Crippen molar-refractivity contribution in [1.82, 2.24) is 5.32 Å². The van der Waals surface area contributed by atoms with Crippen molar-refractivity contribution in [2.45, 2.75) is 43.5 Å². The Morgan fingerprint density at radius 3 is 2.15 bits per heavy atom. The molecular weight excluding hydrogens is 491 g/mol. The number of carbonyl (C=O) groups excluding carboxylic acids is 1. The Bertz CT molecular complexity index is 1230. The molecule has 0 aromatic heterocycles. The third-order valence-electron chi connectivity index (χ3n) is 5.58. The highest BCUT2D eigenvalue weighted by atomic mass is 35.5. The highest BCUT2D eigenvalue weighted by Gasteiger charge is 2.30. The minimum absolute atomic E-state index is 0.0621. The zero-order valence-electron chi connectivity index (χ0n) is 19.3. The largest absolute Gasteiger partial charge is 0.352 e. The number of anilines is 1. The molecule has 1 atom stereocenters. The van der Waals surface area contributed by atoms with Crippen LogP contribution in [0.4, 0.5) is 5.69 Å². The van der Waals surface area contributed by atoms with Gasteiger partial charge >= 0.3 is 0 Å². The fourth-order valence-electron chi connectivity index (χ4n) is 3.98. The van der Waals surface area contributed by atoms with Crippen LogP contribution in [0.3, 0.4) is 0 Å². The standard InChI is InChI=1S/C26H28Cl2N2O3S/c1-19(17-26(2,3)20-10-6-4-7-11-20)29-25(31)18-30(24-15-14-21(27)16-23(24)28)34(32,33)22-12-8-5-9-13-22/h4-16,19H,17-18H2,1-3H3,(H,29,31). The molecular formula is C26H28Cl2N2O3S. The molecule has 0 spiro atoms. The molecule has 3 rings (SSSR count). The summed E-state index contributed by atoms with van der Waals surface area (Å²) in [4.78, 5) is 13.1. The van der Waals surface area contributed by atoms with Gasteiger partial charge in [0.15, 0.2) is 0 Å². The molecule has 3 aromatic carbocycles. The van der Waals surface area contributed by atoms with Gasteiger partial charge in [-0.15, -0.1) is 0 Å². The van der Waals surface area contributed by atoms with E-state index in [1.807, 2.05) is 25.1 Å². The van der Waals surface area contributed by atoms with E-state index in [-0.39, 0.29) is 27.1 Å². The molecule has 1 N–H and O–H groups in total. The first kappa shape index (κ1) is 26.1. The molecule has 180 valence electrons. The van der Waals surface area contributed by atoms with Gasteiger partial charge in [0.2, 0.25) is 5.91 Å². The van der Waals surface area contributed by atoms with Gasteiger partial charge in [-0.1, -0.05) is 85.6 Å². The quantitative estimate of drug-likeness (QED) is 0.374. The van der Waals surface area contributed by atoms with E-state index in [9.17, 15) is 13.2 Å². The Morgan fingerprint density at radius 2 is 1.56 bits per heavy atom. The predicted molar refractivity (Wildman–Crippen MR) is 139 cm³/mol. The summed E-state index contributed by atoms with van der Waals surface area (Å²) in [7, 11) is -4.05. The number of nitrogens with zero attached hydrogens (tertiary/aromatic N) is 1. The lowest BCUT2D eigenvalue weighted by Crippen LogP contribution is -2.45. The average molecular weight is 519 g/mol. The van der Waals surface area contributed by atoms with Crippen molar-refractivity contribution in [2.75, 3.05) is 10.8 Å². The number of sulfonamides is 1. The topological polar surface area (TPSA) is 66.5 Å². The molecule has 0 saturated carbocycles. The molecule has 3 aromatic rings. The van der Waals surface area contributed by atoms with E-state index in [1.54, 1.807) is 24.3 Å². The van der Waals surface area contributed by atoms with Crippen molar-refractivity contribution in [3.05, 3.63) is 94.5 Å². The van der Waals surface area contributed by atoms with Gasteiger partial charge in [0, 0.05) is 11.1 Å². The van der Waals surface area contributed by atoms with Crippen LogP contribution in [0.25, 0.3) is 0 Å². The van der Waals surface area contributed by atoms with E-state index in [1.165, 1.54) is 24.3 Å². The summed E-state index contributed by atoms with van der Waals surface area (Å²) in [5.41, 5.74) is 1.17. The molecule has 0 aliphatic heterocycles. The molecule has 34 heavy (non-hydrogen) atoms. The Balaban J connectivity index is 1.83. The molecule has 5 nitrogen and oxygen atoms in total. The third-order valence-corrected chi connectivity index (χ3v) is 7.89. The van der Waals surface area contributed by atoms with Crippen molar-refractivity contribution in [3.63, 3.8) is 0 Å². The molecule has 0 fully saturated rings. The number of hydrogen-bond acceptors (Lipinski definition) is 3. The van der Waals surface area contributed by atoms with E-state index in [2.05, 4.69) is 31.3 Å². The Hall–Kier alpha value is -2.54. The summed E-state index contributed by atoms with van der Waals surface area (Å²) in [6.07, 6.45) is 0.676. The zero-order chi connectivity index (χ0) is 24.9. The van der Waals surface area contributed by atoms with Gasteiger partial charge < -0.3 is 5.32 Å². The maximum absolute atomic E-state index is 13.5. The summed E-state index contributed by atoms with van der Waals surface area (Å²) in [5.74, 6) is -0.429. The van der Waals surface area contributed by atoms with Gasteiger partial charge in [-0.2, -0.15) is 0 Å². The number of halogens is 2. The summed E-state index contributed by atoms with van der Waals surface area (Å²) in [6.45, 7) is 5.72. The molecule has 1 unspecified atom stereocenters. The highest BCUT2D eigenvalue weighted by Crippen LogP contribution is 2.33. The number of rotatable bonds is 9. The molecule has 8 heteroatoms. The summed E-state index contributed by atoms with van der Waals surface area (Å²) >= 11 is 12.3. The van der Waals surface area contributed by atoms with Gasteiger partial charge in [-0.3, -0.25) is 9.10 Å². The second kappa shape index (κ2) is 10.8. The molecule has 1 amide bonds. The van der Waals surface area contributed by atoms with E-state index >= 15 is 0 Å². The number of nitrogens with one attached hydrogen (secondary N) is 1. The lowest BCUT2D eigenvalue weighted by atomic mass is 9.79.